The summed E-state index contributed by atoms with van der Waals surface area (Å²) >= 11 is 0. The molecule has 0 aliphatic carbocycles. The van der Waals surface area contributed by atoms with Gasteiger partial charge in [-0.3, -0.25) is 4.79 Å². The molecule has 0 atom stereocenters. The maximum Gasteiger partial charge on any atom is 0.295 e. The van der Waals surface area contributed by atoms with Gasteiger partial charge < -0.3 is 9.32 Å². The quantitative estimate of drug-likeness (QED) is 0.788. The van der Waals surface area contributed by atoms with Gasteiger partial charge in [0.15, 0.2) is 5.89 Å². The predicted octanol–water partition coefficient (Wildman–Crippen LogP) is 2.88. The first-order valence-electron chi connectivity index (χ1n) is 6.50. The van der Waals surface area contributed by atoms with Crippen molar-refractivity contribution in [2.75, 3.05) is 11.4 Å². The van der Waals surface area contributed by atoms with Crippen LogP contribution in [0, 0.1) is 13.8 Å². The second-order valence-electron chi connectivity index (χ2n) is 4.84. The zero-order valence-electron chi connectivity index (χ0n) is 11.1. The number of nitrogens with zero attached hydrogens (tertiary/aromatic N) is 2. The first-order valence-corrected chi connectivity index (χ1v) is 6.50. The van der Waals surface area contributed by atoms with Gasteiger partial charge in [0.1, 0.15) is 0 Å². The summed E-state index contributed by atoms with van der Waals surface area (Å²) in [5.74, 6) is 0.797. The second-order valence-corrected chi connectivity index (χ2v) is 4.84. The third kappa shape index (κ3) is 2.03. The van der Waals surface area contributed by atoms with Crippen LogP contribution in [0.4, 0.5) is 5.69 Å². The SMILES string of the molecule is Cc1nc(C)c(C(=O)N2CCCc3ccccc32)o1. The maximum atomic E-state index is 12.6. The summed E-state index contributed by atoms with van der Waals surface area (Å²) in [6.07, 6.45) is 2.00. The van der Waals surface area contributed by atoms with Crippen LogP contribution in [-0.4, -0.2) is 17.4 Å². The Bertz CT molecular complexity index is 631. The topological polar surface area (TPSA) is 46.3 Å². The van der Waals surface area contributed by atoms with E-state index in [0.29, 0.717) is 17.3 Å². The molecule has 0 bridgehead atoms. The first-order chi connectivity index (χ1) is 9.16. The molecule has 4 nitrogen and oxygen atoms in total. The molecule has 2 heterocycles. The maximum absolute atomic E-state index is 12.6. The molecule has 2 aromatic rings. The highest BCUT2D eigenvalue weighted by molar-refractivity contribution is 6.05. The van der Waals surface area contributed by atoms with Gasteiger partial charge in [0, 0.05) is 19.2 Å². The Labute approximate surface area is 112 Å². The van der Waals surface area contributed by atoms with Crippen molar-refractivity contribution in [2.24, 2.45) is 0 Å². The lowest BCUT2D eigenvalue weighted by molar-refractivity contribution is 0.0956. The number of anilines is 1. The van der Waals surface area contributed by atoms with Crippen LogP contribution >= 0.6 is 0 Å². The van der Waals surface area contributed by atoms with Gasteiger partial charge in [0.05, 0.1) is 5.69 Å². The Morgan fingerprint density at radius 3 is 2.84 bits per heavy atom. The summed E-state index contributed by atoms with van der Waals surface area (Å²) in [5, 5.41) is 0. The molecule has 19 heavy (non-hydrogen) atoms. The molecule has 0 unspecified atom stereocenters. The lowest BCUT2D eigenvalue weighted by Crippen LogP contribution is -2.35. The molecule has 0 spiro atoms. The minimum Gasteiger partial charge on any atom is -0.436 e. The van der Waals surface area contributed by atoms with Crippen molar-refractivity contribution in [3.8, 4) is 0 Å². The van der Waals surface area contributed by atoms with Gasteiger partial charge in [0.2, 0.25) is 5.76 Å². The Hall–Kier alpha value is -2.10. The summed E-state index contributed by atoms with van der Waals surface area (Å²) in [7, 11) is 0. The normalized spacial score (nSPS) is 14.3. The van der Waals surface area contributed by atoms with Crippen LogP contribution < -0.4 is 4.90 Å². The van der Waals surface area contributed by atoms with Crippen molar-refractivity contribution < 1.29 is 9.21 Å². The van der Waals surface area contributed by atoms with Gasteiger partial charge >= 0.3 is 0 Å². The number of hydrogen-bond acceptors (Lipinski definition) is 3. The Morgan fingerprint density at radius 2 is 2.11 bits per heavy atom. The van der Waals surface area contributed by atoms with E-state index >= 15 is 0 Å². The number of oxazole rings is 1. The van der Waals surface area contributed by atoms with E-state index in [0.717, 1.165) is 25.1 Å². The van der Waals surface area contributed by atoms with E-state index in [2.05, 4.69) is 11.1 Å². The third-order valence-electron chi connectivity index (χ3n) is 3.45. The number of amides is 1. The molecule has 4 heteroatoms. The third-order valence-corrected chi connectivity index (χ3v) is 3.45. The van der Waals surface area contributed by atoms with Gasteiger partial charge in [-0.05, 0) is 31.4 Å². The number of aromatic nitrogens is 1. The lowest BCUT2D eigenvalue weighted by atomic mass is 10.0. The Kier molecular flexibility index (Phi) is 2.85. The van der Waals surface area contributed by atoms with Crippen LogP contribution in [0.25, 0.3) is 0 Å². The van der Waals surface area contributed by atoms with E-state index in [1.165, 1.54) is 5.56 Å². The Balaban J connectivity index is 2.00. The minimum atomic E-state index is -0.0924. The average molecular weight is 256 g/mol. The number of hydrogen-bond donors (Lipinski definition) is 0. The summed E-state index contributed by atoms with van der Waals surface area (Å²) in [6, 6.07) is 8.04. The first kappa shape index (κ1) is 12.0. The molecule has 0 N–H and O–H groups in total. The van der Waals surface area contributed by atoms with E-state index in [9.17, 15) is 4.79 Å². The second kappa shape index (κ2) is 4.53. The average Bonchev–Trinajstić information content (AvgIpc) is 2.76. The van der Waals surface area contributed by atoms with Crippen molar-refractivity contribution in [2.45, 2.75) is 26.7 Å². The standard InChI is InChI=1S/C15H16N2O2/c1-10-14(19-11(2)16-10)15(18)17-9-5-7-12-6-3-4-8-13(12)17/h3-4,6,8H,5,7,9H2,1-2H3. The Morgan fingerprint density at radius 1 is 1.32 bits per heavy atom. The highest BCUT2D eigenvalue weighted by Gasteiger charge is 2.27. The molecule has 98 valence electrons. The minimum absolute atomic E-state index is 0.0924. The molecule has 1 aliphatic rings. The smallest absolute Gasteiger partial charge is 0.295 e. The van der Waals surface area contributed by atoms with Crippen LogP contribution in [0.1, 0.15) is 34.1 Å². The van der Waals surface area contributed by atoms with Crippen molar-refractivity contribution in [1.82, 2.24) is 4.98 Å². The fourth-order valence-corrected chi connectivity index (χ4v) is 2.60. The number of carbonyl (C=O) groups is 1. The van der Waals surface area contributed by atoms with E-state index < -0.39 is 0 Å². The predicted molar refractivity (Wildman–Crippen MR) is 72.4 cm³/mol. The number of rotatable bonds is 1. The molecule has 1 amide bonds. The van der Waals surface area contributed by atoms with E-state index in [1.807, 2.05) is 18.2 Å². The number of para-hydroxylation sites is 1. The van der Waals surface area contributed by atoms with Crippen molar-refractivity contribution in [3.63, 3.8) is 0 Å². The molecule has 3 rings (SSSR count). The molecule has 1 aromatic carbocycles. The zero-order valence-corrected chi connectivity index (χ0v) is 11.1. The highest BCUT2D eigenvalue weighted by atomic mass is 16.4. The molecule has 0 radical (unpaired) electrons. The summed E-state index contributed by atoms with van der Waals surface area (Å²) < 4.78 is 5.44. The number of aryl methyl sites for hydroxylation is 3. The van der Waals surface area contributed by atoms with E-state index in [-0.39, 0.29) is 5.91 Å². The number of carbonyl (C=O) groups excluding carboxylic acids is 1. The fourth-order valence-electron chi connectivity index (χ4n) is 2.60. The number of fused-ring (bicyclic) bond motifs is 1. The summed E-state index contributed by atoms with van der Waals surface area (Å²) in [4.78, 5) is 18.6. The fraction of sp³-hybridized carbons (Fsp3) is 0.333. The molecular weight excluding hydrogens is 240 g/mol. The molecule has 0 fully saturated rings. The monoisotopic (exact) mass is 256 g/mol. The molecule has 1 aromatic heterocycles. The van der Waals surface area contributed by atoms with Crippen molar-refractivity contribution in [1.29, 1.82) is 0 Å². The van der Waals surface area contributed by atoms with E-state index in [1.54, 1.807) is 18.7 Å². The van der Waals surface area contributed by atoms with E-state index in [4.69, 9.17) is 4.42 Å². The van der Waals surface area contributed by atoms with Crippen LogP contribution in [0.5, 0.6) is 0 Å². The molecule has 0 saturated heterocycles. The highest BCUT2D eigenvalue weighted by Crippen LogP contribution is 2.28. The summed E-state index contributed by atoms with van der Waals surface area (Å²) in [5.41, 5.74) is 2.87. The molecule has 1 aliphatic heterocycles. The van der Waals surface area contributed by atoms with Crippen molar-refractivity contribution in [3.05, 3.63) is 47.2 Å². The van der Waals surface area contributed by atoms with Gasteiger partial charge in [-0.1, -0.05) is 18.2 Å². The summed E-state index contributed by atoms with van der Waals surface area (Å²) in [6.45, 7) is 4.29. The zero-order chi connectivity index (χ0) is 13.4. The molecule has 0 saturated carbocycles. The van der Waals surface area contributed by atoms with Crippen LogP contribution in [0.2, 0.25) is 0 Å². The molecular formula is C15H16N2O2. The van der Waals surface area contributed by atoms with Gasteiger partial charge in [-0.25, -0.2) is 4.98 Å². The number of benzene rings is 1. The van der Waals surface area contributed by atoms with Gasteiger partial charge in [0.25, 0.3) is 5.91 Å². The van der Waals surface area contributed by atoms with Crippen molar-refractivity contribution >= 4 is 11.6 Å². The largest absolute Gasteiger partial charge is 0.436 e. The van der Waals surface area contributed by atoms with Gasteiger partial charge in [-0.15, -0.1) is 0 Å². The van der Waals surface area contributed by atoms with Gasteiger partial charge in [-0.2, -0.15) is 0 Å². The van der Waals surface area contributed by atoms with Crippen LogP contribution in [0.3, 0.4) is 0 Å². The lowest BCUT2D eigenvalue weighted by Gasteiger charge is -2.28. The van der Waals surface area contributed by atoms with Crippen LogP contribution in [-0.2, 0) is 6.42 Å². The van der Waals surface area contributed by atoms with Crippen LogP contribution in [0.15, 0.2) is 28.7 Å².